The van der Waals surface area contributed by atoms with Crippen LogP contribution in [0.4, 0.5) is 36.6 Å². The molecule has 0 bridgehead atoms. The first-order valence-electron chi connectivity index (χ1n) is 11.3. The quantitative estimate of drug-likeness (QED) is 0.373. The van der Waals surface area contributed by atoms with Gasteiger partial charge in [-0.15, -0.1) is 0 Å². The molecule has 0 saturated carbocycles. The third-order valence-electron chi connectivity index (χ3n) is 6.05. The lowest BCUT2D eigenvalue weighted by molar-refractivity contribution is -0.155. The van der Waals surface area contributed by atoms with Gasteiger partial charge >= 0.3 is 12.4 Å². The molecule has 10 nitrogen and oxygen atoms in total. The van der Waals surface area contributed by atoms with Crippen LogP contribution in [-0.4, -0.2) is 86.7 Å². The molecule has 3 atom stereocenters. The Morgan fingerprint density at radius 2 is 1.95 bits per heavy atom. The maximum atomic E-state index is 14.6. The molecular formula is C22H22F7N7O3. The Morgan fingerprint density at radius 3 is 2.59 bits per heavy atom. The highest BCUT2D eigenvalue weighted by atomic mass is 19.4. The van der Waals surface area contributed by atoms with E-state index in [1.165, 1.54) is 18.1 Å². The van der Waals surface area contributed by atoms with Gasteiger partial charge in [-0.2, -0.15) is 31.4 Å². The number of methoxy groups -OCH3 is 1. The molecule has 0 aliphatic carbocycles. The lowest BCUT2D eigenvalue weighted by Crippen LogP contribution is -2.42. The number of likely N-dealkylation sites (tertiary alicyclic amines) is 1. The summed E-state index contributed by atoms with van der Waals surface area (Å²) in [5.74, 6) is -1.53. The van der Waals surface area contributed by atoms with E-state index >= 15 is 0 Å². The van der Waals surface area contributed by atoms with Gasteiger partial charge in [0.25, 0.3) is 5.91 Å². The molecule has 2 unspecified atom stereocenters. The van der Waals surface area contributed by atoms with Crippen LogP contribution < -0.4 is 15.8 Å². The van der Waals surface area contributed by atoms with E-state index in [4.69, 9.17) is 10.5 Å². The van der Waals surface area contributed by atoms with E-state index in [0.717, 1.165) is 23.1 Å². The van der Waals surface area contributed by atoms with Gasteiger partial charge in [0, 0.05) is 31.4 Å². The zero-order valence-corrected chi connectivity index (χ0v) is 20.1. The second-order valence-corrected chi connectivity index (χ2v) is 8.92. The van der Waals surface area contributed by atoms with Crippen molar-refractivity contribution in [2.75, 3.05) is 32.5 Å². The summed E-state index contributed by atoms with van der Waals surface area (Å²) in [4.78, 5) is 21.9. The molecular weight excluding hydrogens is 543 g/mol. The largest absolute Gasteiger partial charge is 0.480 e. The summed E-state index contributed by atoms with van der Waals surface area (Å²) >= 11 is 0. The molecule has 1 saturated heterocycles. The summed E-state index contributed by atoms with van der Waals surface area (Å²) < 4.78 is 99.1. The van der Waals surface area contributed by atoms with Crippen molar-refractivity contribution in [3.05, 3.63) is 35.8 Å². The van der Waals surface area contributed by atoms with E-state index in [1.54, 1.807) is 0 Å². The molecule has 212 valence electrons. The van der Waals surface area contributed by atoms with Crippen molar-refractivity contribution in [2.45, 2.75) is 37.1 Å². The molecule has 0 aromatic carbocycles. The van der Waals surface area contributed by atoms with Crippen LogP contribution in [0.2, 0.25) is 0 Å². The highest BCUT2D eigenvalue weighted by Crippen LogP contribution is 2.39. The number of nitrogen functional groups attached to an aromatic ring is 1. The number of halogens is 7. The fourth-order valence-electron chi connectivity index (χ4n) is 4.41. The predicted molar refractivity (Wildman–Crippen MR) is 121 cm³/mol. The minimum Gasteiger partial charge on any atom is -0.480 e. The van der Waals surface area contributed by atoms with Crippen LogP contribution in [0.3, 0.4) is 0 Å². The first kappa shape index (κ1) is 28.3. The van der Waals surface area contributed by atoms with Crippen LogP contribution in [0.25, 0.3) is 16.8 Å². The van der Waals surface area contributed by atoms with Crippen molar-refractivity contribution in [1.29, 1.82) is 0 Å². The minimum atomic E-state index is -4.80. The Morgan fingerprint density at radius 1 is 1.23 bits per heavy atom. The van der Waals surface area contributed by atoms with Crippen molar-refractivity contribution < 1.29 is 45.4 Å². The molecule has 1 amide bonds. The summed E-state index contributed by atoms with van der Waals surface area (Å²) in [5.41, 5.74) is 3.70. The molecule has 4 N–H and O–H groups in total. The molecule has 0 spiro atoms. The zero-order chi connectivity index (χ0) is 28.7. The number of nitrogens with one attached hydrogen (secondary N) is 1. The number of hydrogen-bond acceptors (Lipinski definition) is 8. The number of aromatic nitrogens is 4. The maximum absolute atomic E-state index is 14.6. The SMILES string of the molecule is COc1ncc(-c2cc(C(F)(F)F)c3c(N)ncnn23)cc1C(=O)N[C@@H]1CN(CC(O)CC(F)(F)F)CC1F. The zero-order valence-electron chi connectivity index (χ0n) is 20.1. The molecule has 3 aromatic heterocycles. The number of alkyl halides is 7. The summed E-state index contributed by atoms with van der Waals surface area (Å²) in [5, 5.41) is 15.9. The third kappa shape index (κ3) is 6.13. The molecule has 1 aliphatic rings. The Labute approximate surface area is 215 Å². The molecule has 4 rings (SSSR count). The van der Waals surface area contributed by atoms with Crippen LogP contribution in [0.1, 0.15) is 22.3 Å². The van der Waals surface area contributed by atoms with Crippen molar-refractivity contribution in [1.82, 2.24) is 29.8 Å². The number of nitrogens with zero attached hydrogens (tertiary/aromatic N) is 5. The standard InChI is InChI=1S/C22H22F7N7O3/c1-39-20-12(19(38)34-15-8-35(7-14(15)23)6-11(37)4-21(24,25)26)2-10(5-31-20)16-3-13(22(27,28)29)17-18(30)32-9-33-36(16)17/h2-3,5,9,11,14-15,37H,4,6-8H2,1H3,(H,34,38)(H2,30,32,33)/t11?,14?,15-/m1/s1. The van der Waals surface area contributed by atoms with Gasteiger partial charge in [-0.05, 0) is 12.1 Å². The number of rotatable bonds is 7. The van der Waals surface area contributed by atoms with E-state index in [2.05, 4.69) is 20.4 Å². The second kappa shape index (κ2) is 10.4. The Hall–Kier alpha value is -3.73. The van der Waals surface area contributed by atoms with Gasteiger partial charge in [-0.1, -0.05) is 0 Å². The van der Waals surface area contributed by atoms with E-state index in [1.807, 2.05) is 0 Å². The van der Waals surface area contributed by atoms with E-state index in [0.29, 0.717) is 0 Å². The topological polar surface area (TPSA) is 131 Å². The fraction of sp³-hybridized carbons (Fsp3) is 0.455. The first-order chi connectivity index (χ1) is 18.2. The third-order valence-corrected chi connectivity index (χ3v) is 6.05. The van der Waals surface area contributed by atoms with Crippen LogP contribution in [0.5, 0.6) is 5.88 Å². The van der Waals surface area contributed by atoms with Crippen molar-refractivity contribution >= 4 is 17.2 Å². The highest BCUT2D eigenvalue weighted by Gasteiger charge is 2.39. The van der Waals surface area contributed by atoms with Crippen molar-refractivity contribution in [2.24, 2.45) is 0 Å². The van der Waals surface area contributed by atoms with Crippen molar-refractivity contribution in [3.8, 4) is 17.1 Å². The molecule has 17 heteroatoms. The van der Waals surface area contributed by atoms with Gasteiger partial charge in [0.1, 0.15) is 23.6 Å². The number of amides is 1. The molecule has 4 heterocycles. The van der Waals surface area contributed by atoms with E-state index in [9.17, 15) is 40.6 Å². The molecule has 0 radical (unpaired) electrons. The van der Waals surface area contributed by atoms with Gasteiger partial charge in [-0.3, -0.25) is 9.69 Å². The number of aliphatic hydroxyl groups excluding tert-OH is 1. The molecule has 1 aliphatic heterocycles. The average Bonchev–Trinajstić information content (AvgIpc) is 3.38. The number of carbonyl (C=O) groups is 1. The van der Waals surface area contributed by atoms with Gasteiger partial charge in [0.05, 0.1) is 36.9 Å². The van der Waals surface area contributed by atoms with Crippen LogP contribution in [0, 0.1) is 0 Å². The van der Waals surface area contributed by atoms with Crippen LogP contribution in [0.15, 0.2) is 24.7 Å². The first-order valence-corrected chi connectivity index (χ1v) is 11.3. The van der Waals surface area contributed by atoms with Crippen molar-refractivity contribution in [3.63, 3.8) is 0 Å². The van der Waals surface area contributed by atoms with Gasteiger partial charge < -0.3 is 20.9 Å². The molecule has 3 aromatic rings. The van der Waals surface area contributed by atoms with E-state index < -0.39 is 66.4 Å². The summed E-state index contributed by atoms with van der Waals surface area (Å²) in [6.07, 6.45) is -12.2. The second-order valence-electron chi connectivity index (χ2n) is 8.92. The number of hydrogen-bond donors (Lipinski definition) is 3. The van der Waals surface area contributed by atoms with Gasteiger partial charge in [0.15, 0.2) is 5.82 Å². The molecule has 39 heavy (non-hydrogen) atoms. The fourth-order valence-corrected chi connectivity index (χ4v) is 4.41. The van der Waals surface area contributed by atoms with E-state index in [-0.39, 0.29) is 35.8 Å². The normalized spacial score (nSPS) is 19.4. The van der Waals surface area contributed by atoms with Crippen LogP contribution >= 0.6 is 0 Å². The Bertz CT molecular complexity index is 1360. The highest BCUT2D eigenvalue weighted by molar-refractivity contribution is 5.98. The number of fused-ring (bicyclic) bond motifs is 1. The Kier molecular flexibility index (Phi) is 7.57. The number of pyridine rings is 1. The number of carbonyl (C=O) groups excluding carboxylic acids is 1. The lowest BCUT2D eigenvalue weighted by Gasteiger charge is -2.20. The number of ether oxygens (including phenoxy) is 1. The smallest absolute Gasteiger partial charge is 0.418 e. The van der Waals surface area contributed by atoms with Crippen LogP contribution in [-0.2, 0) is 6.18 Å². The lowest BCUT2D eigenvalue weighted by atomic mass is 10.1. The number of nitrogens with two attached hydrogens (primary N) is 1. The summed E-state index contributed by atoms with van der Waals surface area (Å²) in [6.45, 7) is -0.973. The maximum Gasteiger partial charge on any atom is 0.418 e. The van der Waals surface area contributed by atoms with Gasteiger partial charge in [-0.25, -0.2) is 18.9 Å². The number of β-amino-alcohol motifs (C(OH)–C–C–N with tert-alkyl or cyclic N) is 1. The van der Waals surface area contributed by atoms with Gasteiger partial charge in [0.2, 0.25) is 5.88 Å². The molecule has 1 fully saturated rings. The number of aliphatic hydroxyl groups is 1. The minimum absolute atomic E-state index is 0.0182. The summed E-state index contributed by atoms with van der Waals surface area (Å²) in [6, 6.07) is 0.793. The predicted octanol–water partition coefficient (Wildman–Crippen LogP) is 2.47. The monoisotopic (exact) mass is 565 g/mol. The number of anilines is 1. The average molecular weight is 565 g/mol. The summed E-state index contributed by atoms with van der Waals surface area (Å²) in [7, 11) is 1.19. The Balaban J connectivity index is 1.59.